The van der Waals surface area contributed by atoms with Gasteiger partial charge in [0.15, 0.2) is 0 Å². The van der Waals surface area contributed by atoms with Crippen LogP contribution in [0.3, 0.4) is 0 Å². The van der Waals surface area contributed by atoms with E-state index in [1.807, 2.05) is 30.3 Å². The first-order valence-electron chi connectivity index (χ1n) is 9.06. The molecule has 0 bridgehead atoms. The molecule has 0 saturated carbocycles. The lowest BCUT2D eigenvalue weighted by Crippen LogP contribution is -2.56. The minimum absolute atomic E-state index is 0.0970. The van der Waals surface area contributed by atoms with E-state index < -0.39 is 5.60 Å². The van der Waals surface area contributed by atoms with E-state index in [0.29, 0.717) is 39.0 Å². The summed E-state index contributed by atoms with van der Waals surface area (Å²) in [6.45, 7) is 3.39. The van der Waals surface area contributed by atoms with Crippen molar-refractivity contribution in [3.63, 3.8) is 0 Å². The van der Waals surface area contributed by atoms with E-state index in [4.69, 9.17) is 4.74 Å². The van der Waals surface area contributed by atoms with Crippen molar-refractivity contribution < 1.29 is 14.6 Å². The highest BCUT2D eigenvalue weighted by Gasteiger charge is 2.38. The fourth-order valence-electron chi connectivity index (χ4n) is 3.48. The van der Waals surface area contributed by atoms with Gasteiger partial charge in [-0.25, -0.2) is 0 Å². The third-order valence-electron chi connectivity index (χ3n) is 5.05. The van der Waals surface area contributed by atoms with E-state index in [2.05, 4.69) is 24.2 Å². The van der Waals surface area contributed by atoms with Crippen molar-refractivity contribution in [2.24, 2.45) is 7.05 Å². The van der Waals surface area contributed by atoms with Gasteiger partial charge in [-0.1, -0.05) is 24.3 Å². The normalized spacial score (nSPS) is 20.3. The first kappa shape index (κ1) is 18.6. The van der Waals surface area contributed by atoms with Gasteiger partial charge >= 0.3 is 0 Å². The number of carbonyl (C=O) groups excluding carboxylic acids is 1. The van der Waals surface area contributed by atoms with Crippen LogP contribution in [0.15, 0.2) is 36.7 Å². The monoisotopic (exact) mass is 357 g/mol. The van der Waals surface area contributed by atoms with Crippen molar-refractivity contribution in [1.29, 1.82) is 0 Å². The van der Waals surface area contributed by atoms with Crippen LogP contribution >= 0.6 is 0 Å². The Labute approximate surface area is 154 Å². The molecule has 0 spiro atoms. The van der Waals surface area contributed by atoms with Crippen LogP contribution in [0.4, 0.5) is 0 Å². The molecule has 1 aliphatic heterocycles. The molecule has 6 nitrogen and oxygen atoms in total. The van der Waals surface area contributed by atoms with Crippen LogP contribution < -0.4 is 0 Å². The largest absolute Gasteiger partial charge is 0.393 e. The number of nitrogens with zero attached hydrogens (tertiary/aromatic N) is 3. The summed E-state index contributed by atoms with van der Waals surface area (Å²) >= 11 is 0. The van der Waals surface area contributed by atoms with E-state index in [-0.39, 0.29) is 12.5 Å². The number of amides is 1. The topological polar surface area (TPSA) is 67.6 Å². The second-order valence-electron chi connectivity index (χ2n) is 7.13. The highest BCUT2D eigenvalue weighted by atomic mass is 16.5. The molecular formula is C20H27N3O3. The quantitative estimate of drug-likeness (QED) is 0.851. The minimum atomic E-state index is -0.728. The van der Waals surface area contributed by atoms with Crippen molar-refractivity contribution in [2.75, 3.05) is 26.3 Å². The summed E-state index contributed by atoms with van der Waals surface area (Å²) in [4.78, 5) is 14.5. The van der Waals surface area contributed by atoms with Crippen molar-refractivity contribution >= 4 is 5.91 Å². The Hall–Kier alpha value is -2.18. The van der Waals surface area contributed by atoms with Gasteiger partial charge in [0.05, 0.1) is 26.0 Å². The molecule has 0 aliphatic carbocycles. The maximum absolute atomic E-state index is 12.7. The number of aryl methyl sites for hydroxylation is 3. The average Bonchev–Trinajstić information content (AvgIpc) is 3.07. The summed E-state index contributed by atoms with van der Waals surface area (Å²) in [5, 5.41) is 14.2. The number of ether oxygens (including phenoxy) is 1. The summed E-state index contributed by atoms with van der Waals surface area (Å²) in [5.74, 6) is 0.0970. The summed E-state index contributed by atoms with van der Waals surface area (Å²) in [5.41, 5.74) is 2.64. The molecule has 3 rings (SSSR count). The summed E-state index contributed by atoms with van der Waals surface area (Å²) in [6.07, 6.45) is 5.44. The molecule has 1 N–H and O–H groups in total. The average molecular weight is 357 g/mol. The molecule has 2 aromatic rings. The number of benzene rings is 1. The summed E-state index contributed by atoms with van der Waals surface area (Å²) < 4.78 is 7.71. The van der Waals surface area contributed by atoms with Crippen LogP contribution in [0.2, 0.25) is 0 Å². The first-order chi connectivity index (χ1) is 12.5. The summed E-state index contributed by atoms with van der Waals surface area (Å²) in [7, 11) is 1.87. The van der Waals surface area contributed by atoms with Crippen molar-refractivity contribution in [2.45, 2.75) is 31.8 Å². The molecule has 1 amide bonds. The van der Waals surface area contributed by atoms with Gasteiger partial charge in [-0.15, -0.1) is 0 Å². The van der Waals surface area contributed by atoms with Gasteiger partial charge < -0.3 is 14.7 Å². The second-order valence-corrected chi connectivity index (χ2v) is 7.13. The van der Waals surface area contributed by atoms with Crippen molar-refractivity contribution in [3.05, 3.63) is 53.3 Å². The number of aliphatic hydroxyl groups is 1. The lowest BCUT2D eigenvalue weighted by molar-refractivity contribution is -0.157. The van der Waals surface area contributed by atoms with E-state index in [1.165, 1.54) is 5.56 Å². The van der Waals surface area contributed by atoms with E-state index >= 15 is 0 Å². The Morgan fingerprint density at radius 2 is 2.19 bits per heavy atom. The van der Waals surface area contributed by atoms with Crippen molar-refractivity contribution in [1.82, 2.24) is 14.7 Å². The molecule has 6 heteroatoms. The molecule has 1 aromatic carbocycles. The van der Waals surface area contributed by atoms with Gasteiger partial charge in [0, 0.05) is 32.6 Å². The Morgan fingerprint density at radius 1 is 1.38 bits per heavy atom. The maximum Gasteiger partial charge on any atom is 0.223 e. The minimum Gasteiger partial charge on any atom is -0.393 e. The third kappa shape index (κ3) is 4.31. The number of hydrogen-bond donors (Lipinski definition) is 1. The molecule has 1 unspecified atom stereocenters. The van der Waals surface area contributed by atoms with Crippen LogP contribution in [-0.2, 0) is 29.4 Å². The van der Waals surface area contributed by atoms with E-state index in [1.54, 1.807) is 10.9 Å². The Kier molecular flexibility index (Phi) is 5.74. The smallest absolute Gasteiger partial charge is 0.223 e. The fraction of sp³-hybridized carbons (Fsp3) is 0.500. The van der Waals surface area contributed by atoms with E-state index in [9.17, 15) is 9.90 Å². The predicted molar refractivity (Wildman–Crippen MR) is 98.8 cm³/mol. The van der Waals surface area contributed by atoms with Gasteiger partial charge in [-0.05, 0) is 30.0 Å². The van der Waals surface area contributed by atoms with Gasteiger partial charge in [-0.3, -0.25) is 9.48 Å². The Bertz CT molecular complexity index is 758. The fourth-order valence-corrected chi connectivity index (χ4v) is 3.48. The van der Waals surface area contributed by atoms with Gasteiger partial charge in [-0.2, -0.15) is 5.10 Å². The molecule has 1 fully saturated rings. The number of morpholine rings is 1. The van der Waals surface area contributed by atoms with Gasteiger partial charge in [0.25, 0.3) is 0 Å². The van der Waals surface area contributed by atoms with Crippen LogP contribution in [0.1, 0.15) is 23.1 Å². The number of aromatic nitrogens is 2. The SMILES string of the molecule is Cc1ccccc1CC1(CO)CN(C(=O)CCc2cnn(C)c2)CCO1. The highest BCUT2D eigenvalue weighted by Crippen LogP contribution is 2.25. The van der Waals surface area contributed by atoms with Crippen LogP contribution in [0.5, 0.6) is 0 Å². The van der Waals surface area contributed by atoms with Crippen molar-refractivity contribution in [3.8, 4) is 0 Å². The number of rotatable bonds is 6. The lowest BCUT2D eigenvalue weighted by Gasteiger charge is -2.42. The molecule has 140 valence electrons. The zero-order valence-corrected chi connectivity index (χ0v) is 15.5. The van der Waals surface area contributed by atoms with Crippen LogP contribution in [-0.4, -0.2) is 57.6 Å². The van der Waals surface area contributed by atoms with Gasteiger partial charge in [0.2, 0.25) is 5.91 Å². The van der Waals surface area contributed by atoms with Crippen LogP contribution in [0, 0.1) is 6.92 Å². The predicted octanol–water partition coefficient (Wildman–Crippen LogP) is 1.49. The van der Waals surface area contributed by atoms with E-state index in [0.717, 1.165) is 11.1 Å². The molecule has 26 heavy (non-hydrogen) atoms. The zero-order valence-electron chi connectivity index (χ0n) is 15.5. The number of carbonyl (C=O) groups is 1. The number of aliphatic hydroxyl groups excluding tert-OH is 1. The Balaban J connectivity index is 1.64. The first-order valence-corrected chi connectivity index (χ1v) is 9.06. The molecular weight excluding hydrogens is 330 g/mol. The molecule has 1 atom stereocenters. The molecule has 1 saturated heterocycles. The zero-order chi connectivity index (χ0) is 18.6. The van der Waals surface area contributed by atoms with Crippen LogP contribution in [0.25, 0.3) is 0 Å². The summed E-state index contributed by atoms with van der Waals surface area (Å²) in [6, 6.07) is 8.10. The molecule has 1 aliphatic rings. The van der Waals surface area contributed by atoms with Gasteiger partial charge in [0.1, 0.15) is 5.60 Å². The second kappa shape index (κ2) is 8.01. The highest BCUT2D eigenvalue weighted by molar-refractivity contribution is 5.76. The number of hydrogen-bond acceptors (Lipinski definition) is 4. The third-order valence-corrected chi connectivity index (χ3v) is 5.05. The maximum atomic E-state index is 12.7. The molecule has 1 aromatic heterocycles. The Morgan fingerprint density at radius 3 is 2.88 bits per heavy atom. The molecule has 2 heterocycles. The standard InChI is InChI=1S/C20H27N3O3/c1-16-5-3-4-6-18(16)11-20(15-24)14-23(9-10-26-20)19(25)8-7-17-12-21-22(2)13-17/h3-6,12-13,24H,7-11,14-15H2,1-2H3. The lowest BCUT2D eigenvalue weighted by atomic mass is 9.90. The molecule has 0 radical (unpaired) electrons.